The van der Waals surface area contributed by atoms with E-state index in [1.54, 1.807) is 0 Å². The summed E-state index contributed by atoms with van der Waals surface area (Å²) in [5, 5.41) is 10.5. The van der Waals surface area contributed by atoms with E-state index < -0.39 is 12.0 Å². The second-order valence-corrected chi connectivity index (χ2v) is 3.72. The van der Waals surface area contributed by atoms with Crippen molar-refractivity contribution in [1.82, 2.24) is 0 Å². The SMILES string of the molecule is N[C@@H](CC1=CCc2ccccc21)C(=O)[O-]. The highest BCUT2D eigenvalue weighted by Gasteiger charge is 2.15. The van der Waals surface area contributed by atoms with Crippen LogP contribution in [0.4, 0.5) is 0 Å². The zero-order valence-electron chi connectivity index (χ0n) is 8.27. The maximum atomic E-state index is 10.5. The Balaban J connectivity index is 2.17. The molecule has 0 unspecified atom stereocenters. The maximum Gasteiger partial charge on any atom is 0.0585 e. The molecule has 78 valence electrons. The van der Waals surface area contributed by atoms with E-state index >= 15 is 0 Å². The molecule has 1 aromatic carbocycles. The fourth-order valence-corrected chi connectivity index (χ4v) is 1.87. The van der Waals surface area contributed by atoms with Crippen LogP contribution in [-0.2, 0) is 11.2 Å². The van der Waals surface area contributed by atoms with Crippen molar-refractivity contribution in [3.8, 4) is 0 Å². The molecule has 2 rings (SSSR count). The number of nitrogens with two attached hydrogens (primary N) is 1. The first-order valence-electron chi connectivity index (χ1n) is 4.92. The molecule has 0 saturated carbocycles. The third kappa shape index (κ3) is 1.92. The van der Waals surface area contributed by atoms with Crippen LogP contribution in [0.15, 0.2) is 30.3 Å². The van der Waals surface area contributed by atoms with E-state index in [-0.39, 0.29) is 0 Å². The molecule has 1 atom stereocenters. The largest absolute Gasteiger partial charge is 0.548 e. The average molecular weight is 202 g/mol. The van der Waals surface area contributed by atoms with E-state index in [4.69, 9.17) is 5.73 Å². The fourth-order valence-electron chi connectivity index (χ4n) is 1.87. The first-order valence-corrected chi connectivity index (χ1v) is 4.92. The number of rotatable bonds is 3. The van der Waals surface area contributed by atoms with Crippen molar-refractivity contribution >= 4 is 11.5 Å². The lowest BCUT2D eigenvalue weighted by atomic mass is 10.0. The lowest BCUT2D eigenvalue weighted by Gasteiger charge is -2.13. The number of carboxylic acid groups (broad SMARTS) is 1. The van der Waals surface area contributed by atoms with Crippen molar-refractivity contribution in [1.29, 1.82) is 0 Å². The number of hydrogen-bond acceptors (Lipinski definition) is 3. The van der Waals surface area contributed by atoms with Crippen molar-refractivity contribution < 1.29 is 9.90 Å². The first kappa shape index (κ1) is 9.93. The molecule has 0 radical (unpaired) electrons. The van der Waals surface area contributed by atoms with Gasteiger partial charge < -0.3 is 15.6 Å². The minimum absolute atomic E-state index is 0.347. The Hall–Kier alpha value is -1.61. The normalized spacial score (nSPS) is 15.7. The highest BCUT2D eigenvalue weighted by atomic mass is 16.4. The molecule has 0 bridgehead atoms. The van der Waals surface area contributed by atoms with Crippen LogP contribution in [0.1, 0.15) is 17.5 Å². The predicted octanol–water partition coefficient (Wildman–Crippen LogP) is 0.0934. The van der Waals surface area contributed by atoms with Crippen LogP contribution >= 0.6 is 0 Å². The molecule has 15 heavy (non-hydrogen) atoms. The van der Waals surface area contributed by atoms with Gasteiger partial charge in [0.05, 0.1) is 5.97 Å². The van der Waals surface area contributed by atoms with E-state index in [2.05, 4.69) is 0 Å². The van der Waals surface area contributed by atoms with Gasteiger partial charge in [-0.15, -0.1) is 0 Å². The number of benzene rings is 1. The van der Waals surface area contributed by atoms with Crippen molar-refractivity contribution in [2.45, 2.75) is 18.9 Å². The minimum atomic E-state index is -1.19. The zero-order valence-corrected chi connectivity index (χ0v) is 8.27. The molecule has 0 heterocycles. The van der Waals surface area contributed by atoms with Gasteiger partial charge in [-0.2, -0.15) is 0 Å². The molecule has 1 aliphatic carbocycles. The van der Waals surface area contributed by atoms with Gasteiger partial charge in [-0.05, 0) is 29.5 Å². The molecule has 0 fully saturated rings. The van der Waals surface area contributed by atoms with Gasteiger partial charge in [0.1, 0.15) is 0 Å². The maximum absolute atomic E-state index is 10.5. The van der Waals surface area contributed by atoms with E-state index in [1.165, 1.54) is 5.56 Å². The Kier molecular flexibility index (Phi) is 2.56. The molecule has 3 heteroatoms. The van der Waals surface area contributed by atoms with Crippen LogP contribution in [0.25, 0.3) is 5.57 Å². The number of carboxylic acids is 1. The average Bonchev–Trinajstić information content (AvgIpc) is 2.62. The molecule has 0 aliphatic heterocycles. The fraction of sp³-hybridized carbons (Fsp3) is 0.250. The van der Waals surface area contributed by atoms with Crippen LogP contribution in [0.2, 0.25) is 0 Å². The Morgan fingerprint density at radius 1 is 1.47 bits per heavy atom. The van der Waals surface area contributed by atoms with Gasteiger partial charge in [0.15, 0.2) is 0 Å². The molecule has 0 aromatic heterocycles. The molecule has 1 aromatic rings. The lowest BCUT2D eigenvalue weighted by Crippen LogP contribution is -2.41. The summed E-state index contributed by atoms with van der Waals surface area (Å²) in [7, 11) is 0. The molecular weight excluding hydrogens is 190 g/mol. The highest BCUT2D eigenvalue weighted by Crippen LogP contribution is 2.29. The van der Waals surface area contributed by atoms with Crippen molar-refractivity contribution in [2.24, 2.45) is 5.73 Å². The van der Waals surface area contributed by atoms with E-state index in [0.29, 0.717) is 6.42 Å². The summed E-state index contributed by atoms with van der Waals surface area (Å²) in [5.41, 5.74) is 8.82. The number of allylic oxidation sites excluding steroid dienone is 1. The minimum Gasteiger partial charge on any atom is -0.548 e. The summed E-state index contributed by atoms with van der Waals surface area (Å²) in [5.74, 6) is -1.19. The molecule has 2 N–H and O–H groups in total. The first-order chi connectivity index (χ1) is 7.18. The summed E-state index contributed by atoms with van der Waals surface area (Å²) in [6, 6.07) is 7.05. The number of hydrogen-bond donors (Lipinski definition) is 1. The van der Waals surface area contributed by atoms with Gasteiger partial charge in [-0.25, -0.2) is 0 Å². The third-order valence-corrected chi connectivity index (χ3v) is 2.67. The number of aliphatic carboxylic acids is 1. The topological polar surface area (TPSA) is 66.2 Å². The van der Waals surface area contributed by atoms with Crippen molar-refractivity contribution in [2.75, 3.05) is 0 Å². The van der Waals surface area contributed by atoms with Gasteiger partial charge in [0.25, 0.3) is 0 Å². The highest BCUT2D eigenvalue weighted by molar-refractivity contribution is 5.79. The number of carbonyl (C=O) groups is 1. The summed E-state index contributed by atoms with van der Waals surface area (Å²) in [4.78, 5) is 10.5. The Morgan fingerprint density at radius 2 is 2.20 bits per heavy atom. The number of carbonyl (C=O) groups excluding carboxylic acids is 1. The van der Waals surface area contributed by atoms with Crippen LogP contribution in [0.3, 0.4) is 0 Å². The molecule has 0 amide bonds. The van der Waals surface area contributed by atoms with Gasteiger partial charge in [0, 0.05) is 6.04 Å². The second kappa shape index (κ2) is 3.87. The van der Waals surface area contributed by atoms with Gasteiger partial charge in [-0.1, -0.05) is 30.3 Å². The summed E-state index contributed by atoms with van der Waals surface area (Å²) < 4.78 is 0. The van der Waals surface area contributed by atoms with Gasteiger partial charge >= 0.3 is 0 Å². The smallest absolute Gasteiger partial charge is 0.0585 e. The quantitative estimate of drug-likeness (QED) is 0.755. The monoisotopic (exact) mass is 202 g/mol. The molecule has 0 saturated heterocycles. The second-order valence-electron chi connectivity index (χ2n) is 3.72. The lowest BCUT2D eigenvalue weighted by molar-refractivity contribution is -0.307. The summed E-state index contributed by atoms with van der Waals surface area (Å²) in [6.07, 6.45) is 3.25. The summed E-state index contributed by atoms with van der Waals surface area (Å²) >= 11 is 0. The standard InChI is InChI=1S/C12H13NO2/c13-11(12(14)15)7-9-6-5-8-3-1-2-4-10(8)9/h1-4,6,11H,5,7,13H2,(H,14,15)/p-1/t11-/m0/s1. The zero-order chi connectivity index (χ0) is 10.8. The molecule has 0 spiro atoms. The molecule has 1 aliphatic rings. The van der Waals surface area contributed by atoms with Crippen LogP contribution < -0.4 is 10.8 Å². The van der Waals surface area contributed by atoms with Crippen molar-refractivity contribution in [3.05, 3.63) is 41.5 Å². The van der Waals surface area contributed by atoms with E-state index in [0.717, 1.165) is 17.6 Å². The third-order valence-electron chi connectivity index (χ3n) is 2.67. The number of fused-ring (bicyclic) bond motifs is 1. The van der Waals surface area contributed by atoms with E-state index in [1.807, 2.05) is 30.3 Å². The Bertz CT molecular complexity index is 423. The van der Waals surface area contributed by atoms with Crippen LogP contribution in [0.5, 0.6) is 0 Å². The van der Waals surface area contributed by atoms with Gasteiger partial charge in [-0.3, -0.25) is 0 Å². The molecule has 3 nitrogen and oxygen atoms in total. The van der Waals surface area contributed by atoms with Gasteiger partial charge in [0.2, 0.25) is 0 Å². The Morgan fingerprint density at radius 3 is 2.93 bits per heavy atom. The van der Waals surface area contributed by atoms with E-state index in [9.17, 15) is 9.90 Å². The molecular formula is C12H12NO2-. The summed E-state index contributed by atoms with van der Waals surface area (Å²) in [6.45, 7) is 0. The van der Waals surface area contributed by atoms with Crippen molar-refractivity contribution in [3.63, 3.8) is 0 Å². The Labute approximate surface area is 88.2 Å². The van der Waals surface area contributed by atoms with Crippen LogP contribution in [0, 0.1) is 0 Å². The van der Waals surface area contributed by atoms with Crippen LogP contribution in [-0.4, -0.2) is 12.0 Å². The predicted molar refractivity (Wildman–Crippen MR) is 55.7 cm³/mol.